The second-order valence-electron chi connectivity index (χ2n) is 9.65. The first-order chi connectivity index (χ1) is 15.8. The van der Waals surface area contributed by atoms with Crippen molar-refractivity contribution in [3.8, 4) is 0 Å². The Morgan fingerprint density at radius 1 is 0.688 bits per heavy atom. The molecule has 2 aliphatic rings. The van der Waals surface area contributed by atoms with Crippen LogP contribution >= 0.6 is 0 Å². The van der Waals surface area contributed by atoms with Gasteiger partial charge in [-0.05, 0) is 73.2 Å². The van der Waals surface area contributed by atoms with Gasteiger partial charge in [-0.1, -0.05) is 91.0 Å². The van der Waals surface area contributed by atoms with Gasteiger partial charge >= 0.3 is 0 Å². The molecule has 1 unspecified atom stereocenters. The van der Waals surface area contributed by atoms with E-state index in [0.29, 0.717) is 17.9 Å². The van der Waals surface area contributed by atoms with Gasteiger partial charge in [0, 0.05) is 6.54 Å². The Balaban J connectivity index is 1.21. The fraction of sp³-hybridized carbons (Fsp3) is 0.400. The van der Waals surface area contributed by atoms with E-state index in [1.54, 1.807) is 0 Å². The molecule has 1 aliphatic carbocycles. The Kier molecular flexibility index (Phi) is 7.01. The summed E-state index contributed by atoms with van der Waals surface area (Å²) in [6.45, 7) is 4.36. The molecule has 1 saturated carbocycles. The molecule has 1 aliphatic heterocycles. The van der Waals surface area contributed by atoms with Crippen molar-refractivity contribution in [2.24, 2.45) is 5.92 Å². The summed E-state index contributed by atoms with van der Waals surface area (Å²) in [6.07, 6.45) is 5.22. The fourth-order valence-corrected chi connectivity index (χ4v) is 5.81. The van der Waals surface area contributed by atoms with E-state index in [4.69, 9.17) is 4.74 Å². The zero-order valence-electron chi connectivity index (χ0n) is 19.0. The van der Waals surface area contributed by atoms with Gasteiger partial charge in [0.25, 0.3) is 0 Å². The Hall–Kier alpha value is -2.42. The summed E-state index contributed by atoms with van der Waals surface area (Å²) in [5.41, 5.74) is 4.28. The van der Waals surface area contributed by atoms with Crippen molar-refractivity contribution in [3.05, 3.63) is 108 Å². The maximum atomic E-state index is 6.42. The maximum absolute atomic E-state index is 6.42. The van der Waals surface area contributed by atoms with E-state index in [0.717, 1.165) is 18.9 Å². The zero-order chi connectivity index (χ0) is 21.6. The summed E-state index contributed by atoms with van der Waals surface area (Å²) in [5, 5.41) is 0. The van der Waals surface area contributed by atoms with Gasteiger partial charge in [-0.25, -0.2) is 0 Å². The monoisotopic (exact) mass is 425 g/mol. The molecule has 3 aromatic rings. The molecule has 0 aromatic heterocycles. The van der Waals surface area contributed by atoms with Gasteiger partial charge in [0.1, 0.15) is 0 Å². The van der Waals surface area contributed by atoms with Gasteiger partial charge in [-0.15, -0.1) is 0 Å². The second-order valence-corrected chi connectivity index (χ2v) is 9.65. The quantitative estimate of drug-likeness (QED) is 0.420. The number of piperidine rings is 1. The van der Waals surface area contributed by atoms with E-state index in [9.17, 15) is 0 Å². The molecule has 5 rings (SSSR count). The summed E-state index contributed by atoms with van der Waals surface area (Å²) in [6, 6.07) is 32.8. The molecule has 2 heteroatoms. The smallest absolute Gasteiger partial charge is 0.0720 e. The second kappa shape index (κ2) is 10.5. The molecule has 0 N–H and O–H groups in total. The Morgan fingerprint density at radius 3 is 1.94 bits per heavy atom. The third-order valence-electron chi connectivity index (χ3n) is 7.56. The maximum Gasteiger partial charge on any atom is 0.0720 e. The van der Waals surface area contributed by atoms with Crippen molar-refractivity contribution in [2.75, 3.05) is 19.6 Å². The van der Waals surface area contributed by atoms with Crippen molar-refractivity contribution < 1.29 is 4.74 Å². The van der Waals surface area contributed by atoms with Crippen LogP contribution in [0.4, 0.5) is 0 Å². The number of nitrogens with zero attached hydrogens (tertiary/aromatic N) is 1. The molecule has 1 saturated heterocycles. The predicted octanol–water partition coefficient (Wildman–Crippen LogP) is 6.65. The molecule has 0 radical (unpaired) electrons. The summed E-state index contributed by atoms with van der Waals surface area (Å²) in [5.74, 6) is 2.00. The Morgan fingerprint density at radius 2 is 1.28 bits per heavy atom. The fourth-order valence-electron chi connectivity index (χ4n) is 5.81. The van der Waals surface area contributed by atoms with Crippen molar-refractivity contribution in [3.63, 3.8) is 0 Å². The van der Waals surface area contributed by atoms with E-state index in [2.05, 4.69) is 95.9 Å². The van der Waals surface area contributed by atoms with Crippen molar-refractivity contribution in [1.82, 2.24) is 4.90 Å². The van der Waals surface area contributed by atoms with Crippen LogP contribution in [0.3, 0.4) is 0 Å². The first-order valence-corrected chi connectivity index (χ1v) is 12.3. The van der Waals surface area contributed by atoms with Crippen LogP contribution in [0.25, 0.3) is 0 Å². The average molecular weight is 426 g/mol. The zero-order valence-corrected chi connectivity index (χ0v) is 19.0. The van der Waals surface area contributed by atoms with Gasteiger partial charge in [0.05, 0.1) is 12.7 Å². The highest BCUT2D eigenvalue weighted by Crippen LogP contribution is 2.42. The highest BCUT2D eigenvalue weighted by atomic mass is 16.5. The van der Waals surface area contributed by atoms with Crippen LogP contribution in [0.5, 0.6) is 0 Å². The minimum absolute atomic E-state index is 0.354. The lowest BCUT2D eigenvalue weighted by Gasteiger charge is -2.35. The van der Waals surface area contributed by atoms with Gasteiger partial charge < -0.3 is 9.64 Å². The first kappa shape index (κ1) is 21.4. The van der Waals surface area contributed by atoms with Crippen LogP contribution in [0.1, 0.15) is 54.2 Å². The number of rotatable bonds is 7. The van der Waals surface area contributed by atoms with E-state index in [1.165, 1.54) is 55.6 Å². The molecule has 166 valence electrons. The summed E-state index contributed by atoms with van der Waals surface area (Å²) < 4.78 is 6.42. The summed E-state index contributed by atoms with van der Waals surface area (Å²) in [4.78, 5) is 2.72. The molecule has 1 heterocycles. The van der Waals surface area contributed by atoms with E-state index < -0.39 is 0 Å². The molecule has 3 aromatic carbocycles. The number of likely N-dealkylation sites (tertiary alicyclic amines) is 1. The molecule has 32 heavy (non-hydrogen) atoms. The first-order valence-electron chi connectivity index (χ1n) is 12.3. The normalized spacial score (nSPS) is 24.6. The standard InChI is InChI=1S/C30H35NO/c1-4-10-24(11-5-1)23-32-29-20-28(30(21-29)27-14-8-3-9-15-27)22-31-18-16-26(17-19-31)25-12-6-2-7-13-25/h1-15,26,28-30H,16-23H2/t28-,29?,30-/m1/s1. The Bertz CT molecular complexity index is 934. The van der Waals surface area contributed by atoms with E-state index >= 15 is 0 Å². The van der Waals surface area contributed by atoms with E-state index in [-0.39, 0.29) is 0 Å². The summed E-state index contributed by atoms with van der Waals surface area (Å²) in [7, 11) is 0. The van der Waals surface area contributed by atoms with Gasteiger partial charge in [0.2, 0.25) is 0 Å². The Labute approximate surface area is 193 Å². The molecule has 0 spiro atoms. The van der Waals surface area contributed by atoms with Crippen molar-refractivity contribution in [2.45, 2.75) is 50.2 Å². The minimum Gasteiger partial charge on any atom is -0.374 e. The minimum atomic E-state index is 0.354. The lowest BCUT2D eigenvalue weighted by Crippen LogP contribution is -2.37. The van der Waals surface area contributed by atoms with Crippen molar-refractivity contribution >= 4 is 0 Å². The van der Waals surface area contributed by atoms with Gasteiger partial charge in [0.15, 0.2) is 0 Å². The molecular formula is C30H35NO. The van der Waals surface area contributed by atoms with Crippen LogP contribution in [-0.2, 0) is 11.3 Å². The molecule has 3 atom stereocenters. The topological polar surface area (TPSA) is 12.5 Å². The van der Waals surface area contributed by atoms with Crippen molar-refractivity contribution in [1.29, 1.82) is 0 Å². The van der Waals surface area contributed by atoms with Crippen LogP contribution in [0.2, 0.25) is 0 Å². The summed E-state index contributed by atoms with van der Waals surface area (Å²) >= 11 is 0. The van der Waals surface area contributed by atoms with E-state index in [1.807, 2.05) is 0 Å². The van der Waals surface area contributed by atoms with Crippen LogP contribution in [0.15, 0.2) is 91.0 Å². The highest BCUT2D eigenvalue weighted by molar-refractivity contribution is 5.23. The SMILES string of the molecule is c1ccc(COC2C[C@H](CN3CCC(c4ccccc4)CC3)[C@@H](c3ccccc3)C2)cc1. The number of ether oxygens (including phenoxy) is 1. The molecular weight excluding hydrogens is 390 g/mol. The number of hydrogen-bond acceptors (Lipinski definition) is 2. The van der Waals surface area contributed by atoms with Crippen LogP contribution in [-0.4, -0.2) is 30.6 Å². The molecule has 2 nitrogen and oxygen atoms in total. The third kappa shape index (κ3) is 5.31. The average Bonchev–Trinajstić information content (AvgIpc) is 3.27. The lowest BCUT2D eigenvalue weighted by molar-refractivity contribution is 0.0408. The van der Waals surface area contributed by atoms with Gasteiger partial charge in [-0.2, -0.15) is 0 Å². The van der Waals surface area contributed by atoms with Crippen LogP contribution in [0, 0.1) is 5.92 Å². The van der Waals surface area contributed by atoms with Crippen LogP contribution < -0.4 is 0 Å². The largest absolute Gasteiger partial charge is 0.374 e. The molecule has 2 fully saturated rings. The molecule has 0 amide bonds. The lowest BCUT2D eigenvalue weighted by atomic mass is 9.86. The number of hydrogen-bond donors (Lipinski definition) is 0. The third-order valence-corrected chi connectivity index (χ3v) is 7.56. The molecule has 0 bridgehead atoms. The highest BCUT2D eigenvalue weighted by Gasteiger charge is 2.37. The number of benzene rings is 3. The van der Waals surface area contributed by atoms with Gasteiger partial charge in [-0.3, -0.25) is 0 Å². The predicted molar refractivity (Wildman–Crippen MR) is 132 cm³/mol.